The predicted octanol–water partition coefficient (Wildman–Crippen LogP) is 3.49. The molecule has 3 amide bonds. The number of thioether (sulfide) groups is 1. The Morgan fingerprint density at radius 2 is 1.89 bits per heavy atom. The minimum Gasteiger partial charge on any atom is -0.336 e. The molecule has 4 rings (SSSR count). The van der Waals surface area contributed by atoms with Gasteiger partial charge in [-0.25, -0.2) is 9.78 Å². The number of rotatable bonds is 5. The summed E-state index contributed by atoms with van der Waals surface area (Å²) in [5.41, 5.74) is 4.18. The Morgan fingerprint density at radius 3 is 2.57 bits per heavy atom. The summed E-state index contributed by atoms with van der Waals surface area (Å²) in [7, 11) is 0. The molecule has 1 saturated heterocycles. The molecule has 2 aromatic carbocycles. The number of para-hydroxylation sites is 1. The molecule has 6 nitrogen and oxygen atoms in total. The van der Waals surface area contributed by atoms with Gasteiger partial charge in [0.2, 0.25) is 5.91 Å². The van der Waals surface area contributed by atoms with Crippen LogP contribution in [0.3, 0.4) is 0 Å². The van der Waals surface area contributed by atoms with E-state index in [2.05, 4.69) is 41.5 Å². The quantitative estimate of drug-likeness (QED) is 0.675. The maximum absolute atomic E-state index is 12.4. The van der Waals surface area contributed by atoms with Crippen molar-refractivity contribution in [2.45, 2.75) is 12.1 Å². The smallest absolute Gasteiger partial charge is 0.324 e. The van der Waals surface area contributed by atoms with Gasteiger partial charge in [0.05, 0.1) is 17.6 Å². The van der Waals surface area contributed by atoms with Crippen LogP contribution >= 0.6 is 11.8 Å². The van der Waals surface area contributed by atoms with E-state index in [4.69, 9.17) is 0 Å². The van der Waals surface area contributed by atoms with E-state index in [1.165, 1.54) is 22.2 Å². The number of amides is 3. The van der Waals surface area contributed by atoms with Crippen molar-refractivity contribution in [2.75, 3.05) is 18.8 Å². The SMILES string of the molecule is Cc1ccc(-c2cnc(SCC(=O)N3CCNC3=O)n2-c2ccccc2)cc1. The molecular weight excluding hydrogens is 372 g/mol. The Morgan fingerprint density at radius 1 is 1.14 bits per heavy atom. The third-order valence-electron chi connectivity index (χ3n) is 4.57. The molecule has 1 fully saturated rings. The monoisotopic (exact) mass is 392 g/mol. The van der Waals surface area contributed by atoms with Crippen LogP contribution in [0.15, 0.2) is 66.0 Å². The molecule has 7 heteroatoms. The molecule has 0 bridgehead atoms. The number of hydrogen-bond acceptors (Lipinski definition) is 4. The highest BCUT2D eigenvalue weighted by Gasteiger charge is 2.26. The Labute approximate surface area is 167 Å². The van der Waals surface area contributed by atoms with Crippen molar-refractivity contribution in [1.82, 2.24) is 19.8 Å². The summed E-state index contributed by atoms with van der Waals surface area (Å²) >= 11 is 1.34. The van der Waals surface area contributed by atoms with E-state index in [9.17, 15) is 9.59 Å². The molecule has 1 aromatic heterocycles. The van der Waals surface area contributed by atoms with E-state index < -0.39 is 0 Å². The normalized spacial score (nSPS) is 13.6. The molecule has 1 aliphatic heterocycles. The topological polar surface area (TPSA) is 67.2 Å². The van der Waals surface area contributed by atoms with Crippen LogP contribution in [0.2, 0.25) is 0 Å². The average molecular weight is 392 g/mol. The van der Waals surface area contributed by atoms with Crippen molar-refractivity contribution in [2.24, 2.45) is 0 Å². The number of carbonyl (C=O) groups excluding carboxylic acids is 2. The number of urea groups is 1. The largest absolute Gasteiger partial charge is 0.336 e. The second-order valence-corrected chi connectivity index (χ2v) is 7.47. The predicted molar refractivity (Wildman–Crippen MR) is 110 cm³/mol. The first-order valence-corrected chi connectivity index (χ1v) is 10.0. The van der Waals surface area contributed by atoms with Crippen molar-refractivity contribution in [3.05, 3.63) is 66.4 Å². The fourth-order valence-electron chi connectivity index (χ4n) is 3.11. The number of nitrogens with one attached hydrogen (secondary N) is 1. The van der Waals surface area contributed by atoms with Crippen LogP contribution in [0, 0.1) is 6.92 Å². The van der Waals surface area contributed by atoms with Gasteiger partial charge in [0.25, 0.3) is 0 Å². The summed E-state index contributed by atoms with van der Waals surface area (Å²) in [4.78, 5) is 29.9. The lowest BCUT2D eigenvalue weighted by molar-refractivity contribution is -0.124. The number of imide groups is 1. The number of benzene rings is 2. The van der Waals surface area contributed by atoms with E-state index in [1.54, 1.807) is 0 Å². The molecule has 1 aliphatic rings. The van der Waals surface area contributed by atoms with Gasteiger partial charge in [0.15, 0.2) is 5.16 Å². The Balaban J connectivity index is 1.64. The zero-order valence-corrected chi connectivity index (χ0v) is 16.3. The van der Waals surface area contributed by atoms with Crippen LogP contribution in [-0.2, 0) is 4.79 Å². The molecule has 142 valence electrons. The van der Waals surface area contributed by atoms with Gasteiger partial charge in [-0.15, -0.1) is 0 Å². The Kier molecular flexibility index (Phi) is 5.16. The highest BCUT2D eigenvalue weighted by atomic mass is 32.2. The summed E-state index contributed by atoms with van der Waals surface area (Å²) in [6.07, 6.45) is 1.83. The average Bonchev–Trinajstić information content (AvgIpc) is 3.33. The summed E-state index contributed by atoms with van der Waals surface area (Å²) in [6, 6.07) is 17.9. The number of imidazole rings is 1. The minimum atomic E-state index is -0.322. The summed E-state index contributed by atoms with van der Waals surface area (Å²) < 4.78 is 2.05. The fraction of sp³-hybridized carbons (Fsp3) is 0.190. The first-order chi connectivity index (χ1) is 13.6. The zero-order valence-electron chi connectivity index (χ0n) is 15.5. The van der Waals surface area contributed by atoms with Gasteiger partial charge in [-0.2, -0.15) is 0 Å². The van der Waals surface area contributed by atoms with Crippen LogP contribution in [0.4, 0.5) is 4.79 Å². The molecule has 0 radical (unpaired) electrons. The molecule has 0 unspecified atom stereocenters. The van der Waals surface area contributed by atoms with Gasteiger partial charge >= 0.3 is 6.03 Å². The van der Waals surface area contributed by atoms with E-state index in [-0.39, 0.29) is 17.7 Å². The highest BCUT2D eigenvalue weighted by Crippen LogP contribution is 2.30. The van der Waals surface area contributed by atoms with E-state index >= 15 is 0 Å². The van der Waals surface area contributed by atoms with Crippen molar-refractivity contribution in [1.29, 1.82) is 0 Å². The Hall–Kier alpha value is -3.06. The van der Waals surface area contributed by atoms with E-state index in [0.29, 0.717) is 13.1 Å². The molecule has 0 saturated carbocycles. The lowest BCUT2D eigenvalue weighted by Crippen LogP contribution is -2.35. The number of nitrogens with zero attached hydrogens (tertiary/aromatic N) is 3. The highest BCUT2D eigenvalue weighted by molar-refractivity contribution is 7.99. The lowest BCUT2D eigenvalue weighted by atomic mass is 10.1. The number of carbonyl (C=O) groups is 2. The maximum Gasteiger partial charge on any atom is 0.324 e. The van der Waals surface area contributed by atoms with Crippen molar-refractivity contribution >= 4 is 23.7 Å². The first-order valence-electron chi connectivity index (χ1n) is 9.04. The zero-order chi connectivity index (χ0) is 19.5. The van der Waals surface area contributed by atoms with Crippen LogP contribution in [-0.4, -0.2) is 45.2 Å². The standard InChI is InChI=1S/C21H20N4O2S/c1-15-7-9-16(10-8-15)18-13-23-21(25(18)17-5-3-2-4-6-17)28-14-19(26)24-12-11-22-20(24)27/h2-10,13H,11-12,14H2,1H3,(H,22,27). The van der Waals surface area contributed by atoms with Gasteiger partial charge in [-0.3, -0.25) is 14.3 Å². The molecule has 28 heavy (non-hydrogen) atoms. The molecular formula is C21H20N4O2S. The van der Waals surface area contributed by atoms with Crippen LogP contribution in [0.5, 0.6) is 0 Å². The number of hydrogen-bond donors (Lipinski definition) is 1. The van der Waals surface area contributed by atoms with Crippen molar-refractivity contribution in [3.8, 4) is 16.9 Å². The van der Waals surface area contributed by atoms with Gasteiger partial charge in [0.1, 0.15) is 0 Å². The fourth-order valence-corrected chi connectivity index (χ4v) is 3.97. The second kappa shape index (κ2) is 7.90. The third kappa shape index (κ3) is 3.66. The van der Waals surface area contributed by atoms with Crippen LogP contribution < -0.4 is 5.32 Å². The molecule has 3 aromatic rings. The first kappa shape index (κ1) is 18.3. The van der Waals surface area contributed by atoms with Crippen molar-refractivity contribution in [3.63, 3.8) is 0 Å². The summed E-state index contributed by atoms with van der Waals surface area (Å²) in [6.45, 7) is 2.98. The number of aromatic nitrogens is 2. The van der Waals surface area contributed by atoms with Gasteiger partial charge in [-0.05, 0) is 19.1 Å². The molecule has 0 aliphatic carbocycles. The summed E-state index contributed by atoms with van der Waals surface area (Å²) in [5, 5.41) is 3.37. The lowest BCUT2D eigenvalue weighted by Gasteiger charge is -2.14. The summed E-state index contributed by atoms with van der Waals surface area (Å²) in [5.74, 6) is -0.0515. The maximum atomic E-state index is 12.4. The molecule has 2 heterocycles. The second-order valence-electron chi connectivity index (χ2n) is 6.53. The van der Waals surface area contributed by atoms with Crippen LogP contribution in [0.25, 0.3) is 16.9 Å². The molecule has 1 N–H and O–H groups in total. The van der Waals surface area contributed by atoms with Gasteiger partial charge in [-0.1, -0.05) is 59.8 Å². The minimum absolute atomic E-state index is 0.157. The van der Waals surface area contributed by atoms with Crippen molar-refractivity contribution < 1.29 is 9.59 Å². The van der Waals surface area contributed by atoms with Crippen LogP contribution in [0.1, 0.15) is 5.56 Å². The third-order valence-corrected chi connectivity index (χ3v) is 5.51. The molecule has 0 atom stereocenters. The number of aryl methyl sites for hydroxylation is 1. The molecule has 0 spiro atoms. The van der Waals surface area contributed by atoms with Gasteiger partial charge < -0.3 is 5.32 Å². The Bertz CT molecular complexity index is 999. The van der Waals surface area contributed by atoms with E-state index in [0.717, 1.165) is 22.1 Å². The van der Waals surface area contributed by atoms with E-state index in [1.807, 2.05) is 41.1 Å². The van der Waals surface area contributed by atoms with Gasteiger partial charge in [0, 0.05) is 24.3 Å².